The summed E-state index contributed by atoms with van der Waals surface area (Å²) in [7, 11) is 0. The van der Waals surface area contributed by atoms with Crippen LogP contribution in [0.25, 0.3) is 5.82 Å². The van der Waals surface area contributed by atoms with E-state index < -0.39 is 0 Å². The number of carbonyl (C=O) groups is 1. The van der Waals surface area contributed by atoms with Crippen molar-refractivity contribution in [2.24, 2.45) is 0 Å². The SMILES string of the molecule is O=C(Nc1ncc(Cc2cccc(F)c2)s1)c1ccnc(-n2ccnc2)c1. The van der Waals surface area contributed by atoms with Crippen molar-refractivity contribution in [3.05, 3.63) is 89.3 Å². The number of nitrogens with one attached hydrogen (secondary N) is 1. The van der Waals surface area contributed by atoms with Crippen molar-refractivity contribution in [1.82, 2.24) is 19.5 Å². The number of amides is 1. The first-order valence-corrected chi connectivity index (χ1v) is 8.94. The van der Waals surface area contributed by atoms with Gasteiger partial charge in [-0.05, 0) is 29.8 Å². The Labute approximate surface area is 158 Å². The molecule has 1 amide bonds. The lowest BCUT2D eigenvalue weighted by atomic mass is 10.1. The number of nitrogens with zero attached hydrogens (tertiary/aromatic N) is 4. The minimum atomic E-state index is -0.273. The van der Waals surface area contributed by atoms with Gasteiger partial charge < -0.3 is 0 Å². The van der Waals surface area contributed by atoms with Gasteiger partial charge in [0.1, 0.15) is 18.0 Å². The molecule has 0 fully saturated rings. The first kappa shape index (κ1) is 17.0. The topological polar surface area (TPSA) is 72.7 Å². The highest BCUT2D eigenvalue weighted by molar-refractivity contribution is 7.15. The van der Waals surface area contributed by atoms with Crippen LogP contribution in [0, 0.1) is 5.82 Å². The van der Waals surface area contributed by atoms with Crippen LogP contribution in [-0.4, -0.2) is 25.4 Å². The first-order chi connectivity index (χ1) is 13.2. The largest absolute Gasteiger partial charge is 0.298 e. The molecular weight excluding hydrogens is 365 g/mol. The fourth-order valence-corrected chi connectivity index (χ4v) is 3.40. The standard InChI is InChI=1S/C19H14FN5OS/c20-15-3-1-2-13(8-15)9-16-11-23-19(27-16)24-18(26)14-4-5-22-17(10-14)25-7-6-21-12-25/h1-8,10-12H,9H2,(H,23,24,26). The number of hydrogen-bond donors (Lipinski definition) is 1. The van der Waals surface area contributed by atoms with Crippen LogP contribution in [0.2, 0.25) is 0 Å². The lowest BCUT2D eigenvalue weighted by Crippen LogP contribution is -2.12. The third-order valence-corrected chi connectivity index (χ3v) is 4.73. The molecule has 0 atom stereocenters. The van der Waals surface area contributed by atoms with E-state index in [1.807, 2.05) is 6.07 Å². The van der Waals surface area contributed by atoms with Crippen molar-refractivity contribution in [2.75, 3.05) is 5.32 Å². The van der Waals surface area contributed by atoms with E-state index in [9.17, 15) is 9.18 Å². The van der Waals surface area contributed by atoms with E-state index in [1.54, 1.807) is 53.9 Å². The first-order valence-electron chi connectivity index (χ1n) is 8.12. The molecule has 6 nitrogen and oxygen atoms in total. The van der Waals surface area contributed by atoms with Gasteiger partial charge in [-0.1, -0.05) is 12.1 Å². The van der Waals surface area contributed by atoms with E-state index in [4.69, 9.17) is 0 Å². The molecule has 134 valence electrons. The predicted molar refractivity (Wildman–Crippen MR) is 101 cm³/mol. The smallest absolute Gasteiger partial charge is 0.257 e. The number of pyridine rings is 1. The van der Waals surface area contributed by atoms with Crippen LogP contribution in [0.1, 0.15) is 20.8 Å². The zero-order valence-electron chi connectivity index (χ0n) is 14.0. The molecule has 0 saturated carbocycles. The number of hydrogen-bond acceptors (Lipinski definition) is 5. The van der Waals surface area contributed by atoms with Crippen LogP contribution in [-0.2, 0) is 6.42 Å². The number of anilines is 1. The fraction of sp³-hybridized carbons (Fsp3) is 0.0526. The second-order valence-electron chi connectivity index (χ2n) is 5.77. The normalized spacial score (nSPS) is 10.7. The molecule has 4 rings (SSSR count). The van der Waals surface area contributed by atoms with Crippen molar-refractivity contribution in [1.29, 1.82) is 0 Å². The van der Waals surface area contributed by atoms with E-state index in [-0.39, 0.29) is 11.7 Å². The molecule has 0 saturated heterocycles. The lowest BCUT2D eigenvalue weighted by molar-refractivity contribution is 0.102. The molecule has 8 heteroatoms. The maximum Gasteiger partial charge on any atom is 0.257 e. The van der Waals surface area contributed by atoms with Gasteiger partial charge in [-0.2, -0.15) is 0 Å². The summed E-state index contributed by atoms with van der Waals surface area (Å²) in [5.41, 5.74) is 1.33. The summed E-state index contributed by atoms with van der Waals surface area (Å²) in [5.74, 6) is 0.0634. The summed E-state index contributed by atoms with van der Waals surface area (Å²) in [6, 6.07) is 9.75. The molecule has 0 aliphatic carbocycles. The summed E-state index contributed by atoms with van der Waals surface area (Å²) in [6.45, 7) is 0. The molecule has 1 N–H and O–H groups in total. The van der Waals surface area contributed by atoms with Crippen LogP contribution in [0.3, 0.4) is 0 Å². The average molecular weight is 379 g/mol. The van der Waals surface area contributed by atoms with Crippen LogP contribution in [0.4, 0.5) is 9.52 Å². The number of imidazole rings is 1. The number of thiazole rings is 1. The molecule has 0 spiro atoms. The van der Waals surface area contributed by atoms with Gasteiger partial charge in [0.05, 0.1) is 0 Å². The van der Waals surface area contributed by atoms with Crippen molar-refractivity contribution in [3.63, 3.8) is 0 Å². The van der Waals surface area contributed by atoms with Gasteiger partial charge in [0.15, 0.2) is 5.13 Å². The Kier molecular flexibility index (Phi) is 4.71. The van der Waals surface area contributed by atoms with Gasteiger partial charge in [0, 0.05) is 41.6 Å². The lowest BCUT2D eigenvalue weighted by Gasteiger charge is -2.05. The number of halogens is 1. The zero-order chi connectivity index (χ0) is 18.6. The van der Waals surface area contributed by atoms with Gasteiger partial charge in [0.2, 0.25) is 0 Å². The Morgan fingerprint density at radius 1 is 1.19 bits per heavy atom. The van der Waals surface area contributed by atoms with Crippen LogP contribution in [0.5, 0.6) is 0 Å². The van der Waals surface area contributed by atoms with E-state index >= 15 is 0 Å². The van der Waals surface area contributed by atoms with E-state index in [0.29, 0.717) is 22.9 Å². The molecule has 3 heterocycles. The Hall–Kier alpha value is -3.39. The molecule has 0 aliphatic rings. The van der Waals surface area contributed by atoms with E-state index in [0.717, 1.165) is 10.4 Å². The summed E-state index contributed by atoms with van der Waals surface area (Å²) < 4.78 is 15.0. The monoisotopic (exact) mass is 379 g/mol. The summed E-state index contributed by atoms with van der Waals surface area (Å²) in [4.78, 5) is 25.9. The molecule has 4 aromatic rings. The number of rotatable bonds is 5. The third-order valence-electron chi connectivity index (χ3n) is 3.82. The number of carbonyl (C=O) groups excluding carboxylic acids is 1. The Balaban J connectivity index is 1.46. The van der Waals surface area contributed by atoms with Crippen molar-refractivity contribution in [3.8, 4) is 5.82 Å². The van der Waals surface area contributed by atoms with Gasteiger partial charge in [0.25, 0.3) is 5.91 Å². The maximum atomic E-state index is 13.3. The van der Waals surface area contributed by atoms with Crippen molar-refractivity contribution in [2.45, 2.75) is 6.42 Å². The third kappa shape index (κ3) is 4.06. The molecule has 0 radical (unpaired) electrons. The molecular formula is C19H14FN5OS. The van der Waals surface area contributed by atoms with E-state index in [2.05, 4.69) is 20.3 Å². The van der Waals surface area contributed by atoms with Crippen LogP contribution in [0.15, 0.2) is 67.5 Å². The minimum Gasteiger partial charge on any atom is -0.298 e. The predicted octanol–water partition coefficient (Wildman–Crippen LogP) is 3.71. The van der Waals surface area contributed by atoms with Crippen LogP contribution >= 0.6 is 11.3 Å². The molecule has 27 heavy (non-hydrogen) atoms. The molecule has 0 bridgehead atoms. The molecule has 3 aromatic heterocycles. The van der Waals surface area contributed by atoms with Crippen LogP contribution < -0.4 is 5.32 Å². The number of aromatic nitrogens is 4. The Morgan fingerprint density at radius 3 is 2.93 bits per heavy atom. The van der Waals surface area contributed by atoms with Crippen molar-refractivity contribution >= 4 is 22.4 Å². The highest BCUT2D eigenvalue weighted by Crippen LogP contribution is 2.22. The quantitative estimate of drug-likeness (QED) is 0.574. The van der Waals surface area contributed by atoms with Gasteiger partial charge in [-0.15, -0.1) is 11.3 Å². The second kappa shape index (κ2) is 7.46. The Bertz CT molecular complexity index is 1080. The van der Waals surface area contributed by atoms with Gasteiger partial charge in [-0.3, -0.25) is 14.7 Å². The summed E-state index contributed by atoms with van der Waals surface area (Å²) >= 11 is 1.36. The molecule has 0 unspecified atom stereocenters. The molecule has 1 aromatic carbocycles. The average Bonchev–Trinajstić information content (AvgIpc) is 3.34. The second-order valence-corrected chi connectivity index (χ2v) is 6.88. The van der Waals surface area contributed by atoms with E-state index in [1.165, 1.54) is 23.5 Å². The highest BCUT2D eigenvalue weighted by Gasteiger charge is 2.11. The van der Waals surface area contributed by atoms with Gasteiger partial charge in [-0.25, -0.2) is 19.3 Å². The summed E-state index contributed by atoms with van der Waals surface area (Å²) in [5, 5.41) is 3.28. The Morgan fingerprint density at radius 2 is 2.11 bits per heavy atom. The fourth-order valence-electron chi connectivity index (χ4n) is 2.56. The minimum absolute atomic E-state index is 0.267. The molecule has 0 aliphatic heterocycles. The van der Waals surface area contributed by atoms with Crippen molar-refractivity contribution < 1.29 is 9.18 Å². The summed E-state index contributed by atoms with van der Waals surface area (Å²) in [6.07, 6.45) is 8.83. The highest BCUT2D eigenvalue weighted by atomic mass is 32.1. The number of benzene rings is 1. The zero-order valence-corrected chi connectivity index (χ0v) is 14.9. The van der Waals surface area contributed by atoms with Gasteiger partial charge >= 0.3 is 0 Å². The maximum absolute atomic E-state index is 13.3.